The molecule has 3 rings (SSSR count). The fraction of sp³-hybridized carbons (Fsp3) is 0.250. The van der Waals surface area contributed by atoms with E-state index in [0.29, 0.717) is 35.0 Å². The number of carbonyl (C=O) groups excluding carboxylic acids is 2. The summed E-state index contributed by atoms with van der Waals surface area (Å²) in [6, 6.07) is 14.3. The molecule has 2 aromatic carbocycles. The van der Waals surface area contributed by atoms with Gasteiger partial charge in [-0.25, -0.2) is 0 Å². The van der Waals surface area contributed by atoms with E-state index in [4.69, 9.17) is 4.52 Å². The number of rotatable bonds is 6. The van der Waals surface area contributed by atoms with E-state index in [2.05, 4.69) is 15.8 Å². The summed E-state index contributed by atoms with van der Waals surface area (Å²) in [5.74, 6) is -0.115. The van der Waals surface area contributed by atoms with E-state index in [-0.39, 0.29) is 18.2 Å². The van der Waals surface area contributed by atoms with Gasteiger partial charge in [-0.3, -0.25) is 9.59 Å². The Morgan fingerprint density at radius 2 is 1.81 bits per heavy atom. The second-order valence-corrected chi connectivity index (χ2v) is 6.50. The summed E-state index contributed by atoms with van der Waals surface area (Å²) in [5.41, 5.74) is 2.13. The van der Waals surface area contributed by atoms with Gasteiger partial charge in [0.15, 0.2) is 5.58 Å². The Kier molecular flexibility index (Phi) is 5.31. The number of nitrogens with zero attached hydrogens (tertiary/aromatic N) is 1. The molecule has 0 fully saturated rings. The molecular formula is C20H21N3O3. The van der Waals surface area contributed by atoms with Gasteiger partial charge in [0, 0.05) is 11.9 Å². The molecule has 2 N–H and O–H groups in total. The maximum atomic E-state index is 12.4. The number of amides is 2. The lowest BCUT2D eigenvalue weighted by Crippen LogP contribution is -2.28. The predicted molar refractivity (Wildman–Crippen MR) is 100.0 cm³/mol. The number of hydrogen-bond donors (Lipinski definition) is 2. The van der Waals surface area contributed by atoms with Gasteiger partial charge in [0.25, 0.3) is 5.91 Å². The first kappa shape index (κ1) is 17.7. The number of aromatic nitrogens is 1. The smallest absolute Gasteiger partial charge is 0.253 e. The van der Waals surface area contributed by atoms with Gasteiger partial charge in [0.05, 0.1) is 17.7 Å². The van der Waals surface area contributed by atoms with Crippen molar-refractivity contribution in [1.82, 2.24) is 10.5 Å². The Bertz CT molecular complexity index is 931. The number of carbonyl (C=O) groups is 2. The third-order valence-corrected chi connectivity index (χ3v) is 3.90. The molecule has 0 saturated carbocycles. The van der Waals surface area contributed by atoms with Crippen LogP contribution in [0.2, 0.25) is 0 Å². The Morgan fingerprint density at radius 1 is 1.08 bits per heavy atom. The van der Waals surface area contributed by atoms with Crippen molar-refractivity contribution in [3.63, 3.8) is 0 Å². The van der Waals surface area contributed by atoms with Crippen LogP contribution in [-0.4, -0.2) is 23.5 Å². The topological polar surface area (TPSA) is 84.2 Å². The van der Waals surface area contributed by atoms with Crippen molar-refractivity contribution in [1.29, 1.82) is 0 Å². The molecular weight excluding hydrogens is 330 g/mol. The van der Waals surface area contributed by atoms with Crippen LogP contribution in [0.5, 0.6) is 0 Å². The summed E-state index contributed by atoms with van der Waals surface area (Å²) >= 11 is 0. The average Bonchev–Trinajstić information content (AvgIpc) is 3.03. The zero-order valence-corrected chi connectivity index (χ0v) is 14.8. The molecule has 134 valence electrons. The molecule has 0 spiro atoms. The number of para-hydroxylation sites is 2. The monoisotopic (exact) mass is 351 g/mol. The van der Waals surface area contributed by atoms with Crippen LogP contribution in [0.4, 0.5) is 5.69 Å². The zero-order chi connectivity index (χ0) is 18.5. The van der Waals surface area contributed by atoms with Gasteiger partial charge in [0.1, 0.15) is 5.69 Å². The molecule has 2 amide bonds. The molecule has 6 nitrogen and oxygen atoms in total. The number of benzene rings is 2. The molecule has 0 atom stereocenters. The molecule has 26 heavy (non-hydrogen) atoms. The average molecular weight is 351 g/mol. The molecule has 3 aromatic rings. The molecule has 0 unspecified atom stereocenters. The van der Waals surface area contributed by atoms with Crippen LogP contribution in [0.1, 0.15) is 29.9 Å². The fourth-order valence-electron chi connectivity index (χ4n) is 2.59. The highest BCUT2D eigenvalue weighted by Crippen LogP contribution is 2.20. The van der Waals surface area contributed by atoms with E-state index in [9.17, 15) is 9.59 Å². The summed E-state index contributed by atoms with van der Waals surface area (Å²) < 4.78 is 5.22. The van der Waals surface area contributed by atoms with Crippen molar-refractivity contribution in [2.45, 2.75) is 20.3 Å². The molecule has 0 aliphatic carbocycles. The quantitative estimate of drug-likeness (QED) is 0.713. The maximum Gasteiger partial charge on any atom is 0.253 e. The Morgan fingerprint density at radius 3 is 2.62 bits per heavy atom. The number of fused-ring (bicyclic) bond motifs is 1. The van der Waals surface area contributed by atoms with Crippen molar-refractivity contribution < 1.29 is 14.1 Å². The normalized spacial score (nSPS) is 10.9. The van der Waals surface area contributed by atoms with Gasteiger partial charge < -0.3 is 15.2 Å². The lowest BCUT2D eigenvalue weighted by atomic mass is 10.1. The lowest BCUT2D eigenvalue weighted by Gasteiger charge is -2.12. The molecule has 0 bridgehead atoms. The van der Waals surface area contributed by atoms with Gasteiger partial charge in [0.2, 0.25) is 5.91 Å². The first-order valence-corrected chi connectivity index (χ1v) is 8.55. The highest BCUT2D eigenvalue weighted by molar-refractivity contribution is 6.04. The summed E-state index contributed by atoms with van der Waals surface area (Å²) in [6.07, 6.45) is 0.0684. The van der Waals surface area contributed by atoms with Crippen LogP contribution in [0.25, 0.3) is 11.0 Å². The molecule has 0 aliphatic rings. The van der Waals surface area contributed by atoms with Crippen LogP contribution in [0, 0.1) is 5.92 Å². The molecule has 0 saturated heterocycles. The van der Waals surface area contributed by atoms with Crippen molar-refractivity contribution >= 4 is 28.5 Å². The van der Waals surface area contributed by atoms with Crippen molar-refractivity contribution in [2.75, 3.05) is 11.9 Å². The van der Waals surface area contributed by atoms with Crippen LogP contribution in [-0.2, 0) is 11.2 Å². The van der Waals surface area contributed by atoms with Crippen molar-refractivity contribution in [3.8, 4) is 0 Å². The van der Waals surface area contributed by atoms with E-state index in [1.165, 1.54) is 0 Å². The second kappa shape index (κ2) is 7.82. The lowest BCUT2D eigenvalue weighted by molar-refractivity contribution is -0.115. The van der Waals surface area contributed by atoms with Gasteiger partial charge in [-0.05, 0) is 30.2 Å². The van der Waals surface area contributed by atoms with Crippen LogP contribution < -0.4 is 10.6 Å². The zero-order valence-electron chi connectivity index (χ0n) is 14.8. The van der Waals surface area contributed by atoms with Gasteiger partial charge in [-0.1, -0.05) is 43.3 Å². The Labute approximate surface area is 151 Å². The molecule has 0 radical (unpaired) electrons. The van der Waals surface area contributed by atoms with Gasteiger partial charge >= 0.3 is 0 Å². The summed E-state index contributed by atoms with van der Waals surface area (Å²) in [5, 5.41) is 10.4. The van der Waals surface area contributed by atoms with Gasteiger partial charge in [-0.2, -0.15) is 0 Å². The minimum absolute atomic E-state index is 0.0684. The second-order valence-electron chi connectivity index (χ2n) is 6.50. The minimum atomic E-state index is -0.256. The Hall–Kier alpha value is -3.15. The first-order valence-electron chi connectivity index (χ1n) is 8.55. The van der Waals surface area contributed by atoms with Gasteiger partial charge in [-0.15, -0.1) is 0 Å². The van der Waals surface area contributed by atoms with E-state index in [1.54, 1.807) is 30.3 Å². The fourth-order valence-corrected chi connectivity index (χ4v) is 2.59. The molecule has 1 aromatic heterocycles. The van der Waals surface area contributed by atoms with Crippen LogP contribution in [0.15, 0.2) is 53.1 Å². The minimum Gasteiger partial charge on any atom is -0.356 e. The highest BCUT2D eigenvalue weighted by Gasteiger charge is 2.16. The van der Waals surface area contributed by atoms with Crippen LogP contribution >= 0.6 is 0 Å². The molecule has 0 aliphatic heterocycles. The summed E-state index contributed by atoms with van der Waals surface area (Å²) in [6.45, 7) is 4.62. The SMILES string of the molecule is CC(C)CNC(=O)c1ccccc1NC(=O)Cc1noc2ccccc12. The van der Waals surface area contributed by atoms with E-state index < -0.39 is 0 Å². The van der Waals surface area contributed by atoms with E-state index >= 15 is 0 Å². The summed E-state index contributed by atoms with van der Waals surface area (Å²) in [7, 11) is 0. The number of hydrogen-bond acceptors (Lipinski definition) is 4. The first-order chi connectivity index (χ1) is 12.5. The van der Waals surface area contributed by atoms with Crippen LogP contribution in [0.3, 0.4) is 0 Å². The van der Waals surface area contributed by atoms with E-state index in [0.717, 1.165) is 5.39 Å². The number of anilines is 1. The van der Waals surface area contributed by atoms with Crippen molar-refractivity contribution in [2.24, 2.45) is 5.92 Å². The molecule has 1 heterocycles. The number of nitrogens with one attached hydrogen (secondary N) is 2. The Balaban J connectivity index is 1.72. The van der Waals surface area contributed by atoms with E-state index in [1.807, 2.05) is 32.0 Å². The third kappa shape index (κ3) is 4.08. The predicted octanol–water partition coefficient (Wildman–Crippen LogP) is 3.39. The largest absolute Gasteiger partial charge is 0.356 e. The molecule has 6 heteroatoms. The highest BCUT2D eigenvalue weighted by atomic mass is 16.5. The standard InChI is InChI=1S/C20H21N3O3/c1-13(2)12-21-20(25)15-8-3-5-9-16(15)22-19(24)11-17-14-7-4-6-10-18(14)26-23-17/h3-10,13H,11-12H2,1-2H3,(H,21,25)(H,22,24). The maximum absolute atomic E-state index is 12.4. The van der Waals surface area contributed by atoms with Crippen molar-refractivity contribution in [3.05, 3.63) is 59.8 Å². The summed E-state index contributed by atoms with van der Waals surface area (Å²) in [4.78, 5) is 24.8. The third-order valence-electron chi connectivity index (χ3n) is 3.90.